The van der Waals surface area contributed by atoms with E-state index in [2.05, 4.69) is 10.3 Å². The third-order valence-electron chi connectivity index (χ3n) is 2.82. The molecule has 1 fully saturated rings. The standard InChI is InChI=1S/C14H19ClN2O3/c1-14(2,3)20-13(18)17-10-7-12(15)16-8-11(10)19-9-5-4-6-9/h7-9H,4-6H2,1-3H3,(H,16,17,18). The van der Waals surface area contributed by atoms with E-state index in [9.17, 15) is 4.79 Å². The highest BCUT2D eigenvalue weighted by Crippen LogP contribution is 2.31. The number of rotatable bonds is 3. The van der Waals surface area contributed by atoms with E-state index in [1.54, 1.807) is 26.8 Å². The Morgan fingerprint density at radius 1 is 1.45 bits per heavy atom. The van der Waals surface area contributed by atoms with Crippen molar-refractivity contribution in [3.8, 4) is 5.75 Å². The normalized spacial score (nSPS) is 15.4. The molecule has 1 N–H and O–H groups in total. The van der Waals surface area contributed by atoms with E-state index >= 15 is 0 Å². The Kier molecular flexibility index (Phi) is 4.38. The van der Waals surface area contributed by atoms with Crippen molar-refractivity contribution in [2.24, 2.45) is 0 Å². The molecule has 0 spiro atoms. The van der Waals surface area contributed by atoms with Gasteiger partial charge in [-0.05, 0) is 40.0 Å². The summed E-state index contributed by atoms with van der Waals surface area (Å²) in [7, 11) is 0. The zero-order valence-electron chi connectivity index (χ0n) is 11.9. The van der Waals surface area contributed by atoms with Crippen LogP contribution in [-0.2, 0) is 4.74 Å². The van der Waals surface area contributed by atoms with Gasteiger partial charge in [-0.1, -0.05) is 11.6 Å². The van der Waals surface area contributed by atoms with Crippen LogP contribution in [0.4, 0.5) is 10.5 Å². The molecule has 5 nitrogen and oxygen atoms in total. The van der Waals surface area contributed by atoms with Crippen LogP contribution in [-0.4, -0.2) is 22.8 Å². The highest BCUT2D eigenvalue weighted by molar-refractivity contribution is 6.29. The van der Waals surface area contributed by atoms with Crippen molar-refractivity contribution in [3.05, 3.63) is 17.4 Å². The minimum absolute atomic E-state index is 0.192. The number of carbonyl (C=O) groups is 1. The molecule has 1 saturated carbocycles. The average molecular weight is 299 g/mol. The Balaban J connectivity index is 2.08. The molecule has 6 heteroatoms. The molecule has 1 aromatic heterocycles. The molecule has 2 rings (SSSR count). The van der Waals surface area contributed by atoms with Gasteiger partial charge in [0.15, 0.2) is 5.75 Å². The second-order valence-electron chi connectivity index (χ2n) is 5.80. The predicted molar refractivity (Wildman–Crippen MR) is 77.4 cm³/mol. The quantitative estimate of drug-likeness (QED) is 0.856. The van der Waals surface area contributed by atoms with Gasteiger partial charge in [0.2, 0.25) is 0 Å². The maximum Gasteiger partial charge on any atom is 0.412 e. The number of nitrogens with one attached hydrogen (secondary N) is 1. The molecule has 0 saturated heterocycles. The number of hydrogen-bond acceptors (Lipinski definition) is 4. The van der Waals surface area contributed by atoms with E-state index in [0.717, 1.165) is 12.8 Å². The lowest BCUT2D eigenvalue weighted by Crippen LogP contribution is -2.28. The van der Waals surface area contributed by atoms with Crippen LogP contribution in [0.1, 0.15) is 40.0 Å². The number of anilines is 1. The van der Waals surface area contributed by atoms with Crippen LogP contribution in [0.15, 0.2) is 12.3 Å². The van der Waals surface area contributed by atoms with Gasteiger partial charge in [0, 0.05) is 6.07 Å². The lowest BCUT2D eigenvalue weighted by molar-refractivity contribution is 0.0633. The monoisotopic (exact) mass is 298 g/mol. The van der Waals surface area contributed by atoms with Gasteiger partial charge in [0.25, 0.3) is 0 Å². The van der Waals surface area contributed by atoms with E-state index in [0.29, 0.717) is 11.4 Å². The van der Waals surface area contributed by atoms with Gasteiger partial charge in [0.05, 0.1) is 18.0 Å². The fourth-order valence-corrected chi connectivity index (χ4v) is 1.85. The molecule has 1 aliphatic carbocycles. The third kappa shape index (κ3) is 4.27. The van der Waals surface area contributed by atoms with Crippen molar-refractivity contribution >= 4 is 23.4 Å². The van der Waals surface area contributed by atoms with Gasteiger partial charge in [-0.25, -0.2) is 9.78 Å². The van der Waals surface area contributed by atoms with Crippen LogP contribution in [0, 0.1) is 0 Å². The first-order valence-corrected chi connectivity index (χ1v) is 7.03. The second-order valence-corrected chi connectivity index (χ2v) is 6.19. The fourth-order valence-electron chi connectivity index (χ4n) is 1.69. The number of nitrogens with zero attached hydrogens (tertiary/aromatic N) is 1. The molecule has 0 bridgehead atoms. The number of halogens is 1. The zero-order valence-corrected chi connectivity index (χ0v) is 12.7. The first kappa shape index (κ1) is 14.9. The number of ether oxygens (including phenoxy) is 2. The van der Waals surface area contributed by atoms with Gasteiger partial charge in [-0.15, -0.1) is 0 Å². The van der Waals surface area contributed by atoms with Gasteiger partial charge in [0.1, 0.15) is 10.8 Å². The fraction of sp³-hybridized carbons (Fsp3) is 0.571. The molecule has 0 radical (unpaired) electrons. The number of hydrogen-bond donors (Lipinski definition) is 1. The minimum Gasteiger partial charge on any atom is -0.487 e. The van der Waals surface area contributed by atoms with Crippen LogP contribution in [0.5, 0.6) is 5.75 Å². The summed E-state index contributed by atoms with van der Waals surface area (Å²) in [5.74, 6) is 0.518. The second kappa shape index (κ2) is 5.87. The van der Waals surface area contributed by atoms with Crippen molar-refractivity contribution in [1.82, 2.24) is 4.98 Å². The van der Waals surface area contributed by atoms with Crippen LogP contribution < -0.4 is 10.1 Å². The van der Waals surface area contributed by atoms with Crippen molar-refractivity contribution in [3.63, 3.8) is 0 Å². The SMILES string of the molecule is CC(C)(C)OC(=O)Nc1cc(Cl)ncc1OC1CCC1. The topological polar surface area (TPSA) is 60.5 Å². The summed E-state index contributed by atoms with van der Waals surface area (Å²) < 4.78 is 11.0. The van der Waals surface area contributed by atoms with Crippen LogP contribution in [0.3, 0.4) is 0 Å². The molecule has 0 aliphatic heterocycles. The summed E-state index contributed by atoms with van der Waals surface area (Å²) in [6, 6.07) is 1.56. The molecule has 1 aliphatic rings. The molecule has 1 aromatic rings. The van der Waals surface area contributed by atoms with Gasteiger partial charge < -0.3 is 9.47 Å². The van der Waals surface area contributed by atoms with Crippen molar-refractivity contribution in [2.45, 2.75) is 51.7 Å². The van der Waals surface area contributed by atoms with Gasteiger partial charge >= 0.3 is 6.09 Å². The Hall–Kier alpha value is -1.49. The number of amides is 1. The third-order valence-corrected chi connectivity index (χ3v) is 3.02. The van der Waals surface area contributed by atoms with E-state index in [4.69, 9.17) is 21.1 Å². The Bertz CT molecular complexity index is 496. The molecule has 0 aromatic carbocycles. The average Bonchev–Trinajstić information content (AvgIpc) is 2.22. The van der Waals surface area contributed by atoms with E-state index in [1.807, 2.05) is 0 Å². The van der Waals surface area contributed by atoms with E-state index < -0.39 is 11.7 Å². The van der Waals surface area contributed by atoms with Crippen molar-refractivity contribution in [1.29, 1.82) is 0 Å². The highest BCUT2D eigenvalue weighted by atomic mass is 35.5. The maximum absolute atomic E-state index is 11.8. The number of pyridine rings is 1. The molecule has 0 unspecified atom stereocenters. The summed E-state index contributed by atoms with van der Waals surface area (Å²) >= 11 is 5.86. The maximum atomic E-state index is 11.8. The summed E-state index contributed by atoms with van der Waals surface area (Å²) in [5.41, 5.74) is -0.0817. The molecule has 1 amide bonds. The smallest absolute Gasteiger partial charge is 0.412 e. The van der Waals surface area contributed by atoms with Gasteiger partial charge in [-0.3, -0.25) is 5.32 Å². The Morgan fingerprint density at radius 3 is 2.70 bits per heavy atom. The van der Waals surface area contributed by atoms with Crippen LogP contribution in [0.25, 0.3) is 0 Å². The van der Waals surface area contributed by atoms with Crippen LogP contribution in [0.2, 0.25) is 5.15 Å². The van der Waals surface area contributed by atoms with Gasteiger partial charge in [-0.2, -0.15) is 0 Å². The summed E-state index contributed by atoms with van der Waals surface area (Å²) in [6.45, 7) is 5.41. The molecule has 110 valence electrons. The molecular formula is C14H19ClN2O3. The zero-order chi connectivity index (χ0) is 14.8. The lowest BCUT2D eigenvalue weighted by Gasteiger charge is -2.27. The van der Waals surface area contributed by atoms with Crippen molar-refractivity contribution < 1.29 is 14.3 Å². The highest BCUT2D eigenvalue weighted by Gasteiger charge is 2.22. The number of aromatic nitrogens is 1. The summed E-state index contributed by atoms with van der Waals surface area (Å²) in [6.07, 6.45) is 4.38. The van der Waals surface area contributed by atoms with Crippen LogP contribution >= 0.6 is 11.6 Å². The molecule has 20 heavy (non-hydrogen) atoms. The largest absolute Gasteiger partial charge is 0.487 e. The molecular weight excluding hydrogens is 280 g/mol. The lowest BCUT2D eigenvalue weighted by atomic mass is 9.96. The summed E-state index contributed by atoms with van der Waals surface area (Å²) in [5, 5.41) is 2.94. The first-order valence-electron chi connectivity index (χ1n) is 6.66. The van der Waals surface area contributed by atoms with Crippen molar-refractivity contribution in [2.75, 3.05) is 5.32 Å². The Labute approximate surface area is 123 Å². The van der Waals surface area contributed by atoms with E-state index in [1.165, 1.54) is 12.6 Å². The Morgan fingerprint density at radius 2 is 2.15 bits per heavy atom. The number of carbonyl (C=O) groups excluding carboxylic acids is 1. The summed E-state index contributed by atoms with van der Waals surface area (Å²) in [4.78, 5) is 15.8. The predicted octanol–water partition coefficient (Wildman–Crippen LogP) is 4.01. The molecule has 1 heterocycles. The minimum atomic E-state index is -0.560. The van der Waals surface area contributed by atoms with E-state index in [-0.39, 0.29) is 11.3 Å². The first-order chi connectivity index (χ1) is 9.33. The molecule has 0 atom stereocenters.